The highest BCUT2D eigenvalue weighted by molar-refractivity contribution is 7.90. The summed E-state index contributed by atoms with van der Waals surface area (Å²) in [5.74, 6) is -0.976. The van der Waals surface area contributed by atoms with Crippen molar-refractivity contribution in [1.29, 1.82) is 0 Å². The van der Waals surface area contributed by atoms with E-state index in [1.807, 2.05) is 0 Å². The Bertz CT molecular complexity index is 1350. The van der Waals surface area contributed by atoms with Crippen LogP contribution < -0.4 is 0 Å². The monoisotopic (exact) mass is 408 g/mol. The quantitative estimate of drug-likeness (QED) is 0.282. The fourth-order valence-electron chi connectivity index (χ4n) is 2.85. The van der Waals surface area contributed by atoms with Gasteiger partial charge in [0.1, 0.15) is 5.69 Å². The maximum absolute atomic E-state index is 13.3. The summed E-state index contributed by atoms with van der Waals surface area (Å²) in [7, 11) is -4.27. The van der Waals surface area contributed by atoms with Gasteiger partial charge in [0.15, 0.2) is 5.82 Å². The highest BCUT2D eigenvalue weighted by Gasteiger charge is 2.29. The zero-order chi connectivity index (χ0) is 20.6. The first-order valence-electron chi connectivity index (χ1n) is 8.33. The SMILES string of the molecule is O=C(c1ccccn1)c1nc2ccccc2n1S(=O)(=O)c1ccc([N+](=O)[O-])cc1. The molecule has 0 radical (unpaired) electrons. The van der Waals surface area contributed by atoms with Crippen molar-refractivity contribution >= 4 is 32.5 Å². The van der Waals surface area contributed by atoms with Gasteiger partial charge in [0, 0.05) is 18.3 Å². The maximum Gasteiger partial charge on any atom is 0.270 e. The van der Waals surface area contributed by atoms with Crippen LogP contribution in [0.3, 0.4) is 0 Å². The van der Waals surface area contributed by atoms with Crippen LogP contribution in [0.4, 0.5) is 5.69 Å². The topological polar surface area (TPSA) is 125 Å². The molecule has 144 valence electrons. The number of para-hydroxylation sites is 2. The molecule has 2 heterocycles. The number of aromatic nitrogens is 3. The van der Waals surface area contributed by atoms with E-state index in [1.165, 1.54) is 18.3 Å². The van der Waals surface area contributed by atoms with Gasteiger partial charge < -0.3 is 0 Å². The molecule has 0 saturated carbocycles. The number of pyridine rings is 1. The minimum Gasteiger partial charge on any atom is -0.283 e. The molecule has 0 bridgehead atoms. The first kappa shape index (κ1) is 18.4. The van der Waals surface area contributed by atoms with Crippen molar-refractivity contribution in [3.8, 4) is 0 Å². The Morgan fingerprint density at radius 2 is 1.66 bits per heavy atom. The molecule has 0 aliphatic heterocycles. The highest BCUT2D eigenvalue weighted by Crippen LogP contribution is 2.25. The summed E-state index contributed by atoms with van der Waals surface area (Å²) in [6.45, 7) is 0. The second kappa shape index (κ2) is 6.91. The van der Waals surface area contributed by atoms with E-state index in [0.29, 0.717) is 5.52 Å². The van der Waals surface area contributed by atoms with Crippen LogP contribution in [-0.2, 0) is 10.0 Å². The summed E-state index contributed by atoms with van der Waals surface area (Å²) in [4.78, 5) is 31.2. The van der Waals surface area contributed by atoms with E-state index < -0.39 is 20.7 Å². The molecule has 4 aromatic rings. The number of nitro groups is 1. The van der Waals surface area contributed by atoms with Crippen LogP contribution in [0.5, 0.6) is 0 Å². The number of hydrogen-bond donors (Lipinski definition) is 0. The van der Waals surface area contributed by atoms with Crippen LogP contribution in [0.1, 0.15) is 16.3 Å². The number of nitro benzene ring substituents is 1. The van der Waals surface area contributed by atoms with Crippen LogP contribution >= 0.6 is 0 Å². The maximum atomic E-state index is 13.3. The van der Waals surface area contributed by atoms with Gasteiger partial charge in [-0.1, -0.05) is 18.2 Å². The van der Waals surface area contributed by atoms with Crippen LogP contribution in [0.25, 0.3) is 11.0 Å². The zero-order valence-electron chi connectivity index (χ0n) is 14.7. The average Bonchev–Trinajstić information content (AvgIpc) is 3.14. The van der Waals surface area contributed by atoms with Gasteiger partial charge in [0.05, 0.1) is 20.9 Å². The molecule has 10 heteroatoms. The first-order chi connectivity index (χ1) is 13.9. The van der Waals surface area contributed by atoms with Crippen molar-refractivity contribution in [1.82, 2.24) is 13.9 Å². The largest absolute Gasteiger partial charge is 0.283 e. The highest BCUT2D eigenvalue weighted by atomic mass is 32.2. The van der Waals surface area contributed by atoms with Gasteiger partial charge in [0.2, 0.25) is 5.78 Å². The van der Waals surface area contributed by atoms with Gasteiger partial charge in [-0.15, -0.1) is 0 Å². The minimum absolute atomic E-state index is 0.0444. The number of ketones is 1. The van der Waals surface area contributed by atoms with Crippen LogP contribution in [-0.4, -0.2) is 33.1 Å². The Kier molecular flexibility index (Phi) is 4.40. The summed E-state index contributed by atoms with van der Waals surface area (Å²) in [6, 6.07) is 15.5. The number of non-ortho nitro benzene ring substituents is 1. The zero-order valence-corrected chi connectivity index (χ0v) is 15.5. The van der Waals surface area contributed by atoms with E-state index in [4.69, 9.17) is 0 Å². The van der Waals surface area contributed by atoms with Crippen LogP contribution in [0.2, 0.25) is 0 Å². The molecule has 4 rings (SSSR count). The Balaban J connectivity index is 1.94. The molecule has 2 aromatic heterocycles. The van der Waals surface area contributed by atoms with E-state index >= 15 is 0 Å². The molecule has 9 nitrogen and oxygen atoms in total. The van der Waals surface area contributed by atoms with E-state index in [2.05, 4.69) is 9.97 Å². The molecule has 0 spiro atoms. The summed E-state index contributed by atoms with van der Waals surface area (Å²) in [5, 5.41) is 10.9. The van der Waals surface area contributed by atoms with E-state index in [1.54, 1.807) is 30.3 Å². The van der Waals surface area contributed by atoms with Gasteiger partial charge >= 0.3 is 0 Å². The molecule has 0 aliphatic rings. The van der Waals surface area contributed by atoms with E-state index in [9.17, 15) is 23.3 Å². The lowest BCUT2D eigenvalue weighted by molar-refractivity contribution is -0.384. The van der Waals surface area contributed by atoms with Gasteiger partial charge in [0.25, 0.3) is 15.7 Å². The molecule has 0 N–H and O–H groups in total. The first-order valence-corrected chi connectivity index (χ1v) is 9.77. The Hall–Kier alpha value is -3.92. The number of carbonyl (C=O) groups is 1. The third kappa shape index (κ3) is 3.15. The summed E-state index contributed by atoms with van der Waals surface area (Å²) >= 11 is 0. The van der Waals surface area contributed by atoms with E-state index in [-0.39, 0.29) is 27.6 Å². The molecule has 0 saturated heterocycles. The lowest BCUT2D eigenvalue weighted by Gasteiger charge is -2.10. The van der Waals surface area contributed by atoms with Crippen molar-refractivity contribution in [2.45, 2.75) is 4.90 Å². The number of nitrogens with zero attached hydrogens (tertiary/aromatic N) is 4. The normalized spacial score (nSPS) is 11.4. The molecular weight excluding hydrogens is 396 g/mol. The second-order valence-electron chi connectivity index (χ2n) is 5.99. The van der Waals surface area contributed by atoms with Gasteiger partial charge in [-0.3, -0.25) is 19.9 Å². The van der Waals surface area contributed by atoms with Crippen molar-refractivity contribution in [2.24, 2.45) is 0 Å². The number of hydrogen-bond acceptors (Lipinski definition) is 7. The predicted octanol–water partition coefficient (Wildman–Crippen LogP) is 2.81. The van der Waals surface area contributed by atoms with Crippen molar-refractivity contribution in [2.75, 3.05) is 0 Å². The molecule has 0 aliphatic carbocycles. The molecule has 0 amide bonds. The smallest absolute Gasteiger partial charge is 0.270 e. The second-order valence-corrected chi connectivity index (χ2v) is 7.78. The molecule has 0 unspecified atom stereocenters. The Morgan fingerprint density at radius 3 is 2.31 bits per heavy atom. The van der Waals surface area contributed by atoms with Gasteiger partial charge in [-0.05, 0) is 36.4 Å². The minimum atomic E-state index is -4.27. The van der Waals surface area contributed by atoms with Crippen LogP contribution in [0.15, 0.2) is 77.8 Å². The van der Waals surface area contributed by atoms with Gasteiger partial charge in [-0.25, -0.2) is 17.4 Å². The number of fused-ring (bicyclic) bond motifs is 1. The number of carbonyl (C=O) groups excluding carboxylic acids is 1. The number of benzene rings is 2. The third-order valence-corrected chi connectivity index (χ3v) is 5.92. The molecule has 0 atom stereocenters. The molecule has 2 aromatic carbocycles. The average molecular weight is 408 g/mol. The summed E-state index contributed by atoms with van der Waals surface area (Å²) in [5.41, 5.74) is 0.328. The lowest BCUT2D eigenvalue weighted by atomic mass is 10.2. The third-order valence-electron chi connectivity index (χ3n) is 4.21. The summed E-state index contributed by atoms with van der Waals surface area (Å²) < 4.78 is 27.5. The number of rotatable bonds is 5. The molecule has 29 heavy (non-hydrogen) atoms. The fraction of sp³-hybridized carbons (Fsp3) is 0. The van der Waals surface area contributed by atoms with Crippen molar-refractivity contribution in [3.05, 3.63) is 94.6 Å². The van der Waals surface area contributed by atoms with Gasteiger partial charge in [-0.2, -0.15) is 0 Å². The lowest BCUT2D eigenvalue weighted by Crippen LogP contribution is -2.20. The van der Waals surface area contributed by atoms with Crippen molar-refractivity contribution in [3.63, 3.8) is 0 Å². The van der Waals surface area contributed by atoms with Crippen LogP contribution in [0, 0.1) is 10.1 Å². The number of imidazole rings is 1. The standard InChI is InChI=1S/C19H12N4O5S/c24-18(16-6-3-4-12-20-16)19-21-15-5-1-2-7-17(15)22(19)29(27,28)14-10-8-13(9-11-14)23(25)26/h1-12H. The predicted molar refractivity (Wildman–Crippen MR) is 103 cm³/mol. The summed E-state index contributed by atoms with van der Waals surface area (Å²) in [6.07, 6.45) is 1.42. The molecule has 0 fully saturated rings. The van der Waals surface area contributed by atoms with E-state index in [0.717, 1.165) is 28.2 Å². The van der Waals surface area contributed by atoms with Crippen molar-refractivity contribution < 1.29 is 18.1 Å². The molecular formula is C19H12N4O5S. The Labute approximate surface area is 164 Å². The fourth-order valence-corrected chi connectivity index (χ4v) is 4.30. The Morgan fingerprint density at radius 1 is 0.966 bits per heavy atom.